The lowest BCUT2D eigenvalue weighted by Gasteiger charge is -2.43. The molecule has 2 fully saturated rings. The molecule has 2 aliphatic heterocycles. The standard InChI is InChI=1S/C10H19N3S/c11-10(14)8-12-5-6-13-4-2-1-3-9(13)7-12/h9H,1-8H2,(H2,11,14). The lowest BCUT2D eigenvalue weighted by atomic mass is 9.99. The first kappa shape index (κ1) is 10.3. The summed E-state index contributed by atoms with van der Waals surface area (Å²) in [7, 11) is 0. The summed E-state index contributed by atoms with van der Waals surface area (Å²) >= 11 is 4.95. The van der Waals surface area contributed by atoms with Crippen molar-refractivity contribution in [3.8, 4) is 0 Å². The average Bonchev–Trinajstić information content (AvgIpc) is 2.17. The van der Waals surface area contributed by atoms with Crippen LogP contribution < -0.4 is 5.73 Å². The molecule has 1 unspecified atom stereocenters. The highest BCUT2D eigenvalue weighted by molar-refractivity contribution is 7.80. The second-order valence-electron chi connectivity index (χ2n) is 4.39. The van der Waals surface area contributed by atoms with E-state index in [9.17, 15) is 0 Å². The Balaban J connectivity index is 1.86. The Morgan fingerprint density at radius 1 is 1.29 bits per heavy atom. The zero-order valence-electron chi connectivity index (χ0n) is 8.61. The Morgan fingerprint density at radius 3 is 2.93 bits per heavy atom. The summed E-state index contributed by atoms with van der Waals surface area (Å²) < 4.78 is 0. The topological polar surface area (TPSA) is 32.5 Å². The van der Waals surface area contributed by atoms with Crippen LogP contribution in [0.4, 0.5) is 0 Å². The van der Waals surface area contributed by atoms with Crippen molar-refractivity contribution in [3.05, 3.63) is 0 Å². The Morgan fingerprint density at radius 2 is 2.14 bits per heavy atom. The normalized spacial score (nSPS) is 29.9. The fraction of sp³-hybridized carbons (Fsp3) is 0.900. The number of fused-ring (bicyclic) bond motifs is 1. The number of nitrogens with two attached hydrogens (primary N) is 1. The molecule has 80 valence electrons. The van der Waals surface area contributed by atoms with Gasteiger partial charge in [-0.3, -0.25) is 9.80 Å². The molecular weight excluding hydrogens is 194 g/mol. The molecule has 3 nitrogen and oxygen atoms in total. The summed E-state index contributed by atoms with van der Waals surface area (Å²) in [6, 6.07) is 0.770. The minimum atomic E-state index is 0.634. The van der Waals surface area contributed by atoms with E-state index in [-0.39, 0.29) is 0 Å². The Kier molecular flexibility index (Phi) is 3.36. The highest BCUT2D eigenvalue weighted by Gasteiger charge is 2.28. The van der Waals surface area contributed by atoms with Crippen LogP contribution >= 0.6 is 12.2 Å². The van der Waals surface area contributed by atoms with Crippen LogP contribution in [0.25, 0.3) is 0 Å². The molecule has 4 heteroatoms. The Labute approximate surface area is 91.2 Å². The summed E-state index contributed by atoms with van der Waals surface area (Å²) in [5, 5.41) is 0. The van der Waals surface area contributed by atoms with Gasteiger partial charge in [-0.25, -0.2) is 0 Å². The van der Waals surface area contributed by atoms with Crippen LogP contribution in [0.1, 0.15) is 19.3 Å². The number of thiocarbonyl (C=S) groups is 1. The van der Waals surface area contributed by atoms with Gasteiger partial charge in [0.2, 0.25) is 0 Å². The van der Waals surface area contributed by atoms with Crippen LogP contribution in [-0.2, 0) is 0 Å². The van der Waals surface area contributed by atoms with Crippen molar-refractivity contribution < 1.29 is 0 Å². The van der Waals surface area contributed by atoms with E-state index in [1.807, 2.05) is 0 Å². The first-order valence-electron chi connectivity index (χ1n) is 5.50. The summed E-state index contributed by atoms with van der Waals surface area (Å²) in [5.41, 5.74) is 5.57. The molecular formula is C10H19N3S. The van der Waals surface area contributed by atoms with Gasteiger partial charge in [0.25, 0.3) is 0 Å². The van der Waals surface area contributed by atoms with Crippen LogP contribution in [0.5, 0.6) is 0 Å². The molecule has 0 amide bonds. The van der Waals surface area contributed by atoms with E-state index in [0.717, 1.165) is 25.7 Å². The number of nitrogens with zero attached hydrogens (tertiary/aromatic N) is 2. The van der Waals surface area contributed by atoms with E-state index in [0.29, 0.717) is 4.99 Å². The summed E-state index contributed by atoms with van der Waals surface area (Å²) in [6.07, 6.45) is 4.13. The average molecular weight is 213 g/mol. The molecule has 0 saturated carbocycles. The number of hydrogen-bond acceptors (Lipinski definition) is 3. The second kappa shape index (κ2) is 4.55. The molecule has 0 radical (unpaired) electrons. The predicted octanol–water partition coefficient (Wildman–Crippen LogP) is 0.443. The molecule has 0 bridgehead atoms. The Bertz CT molecular complexity index is 219. The Hall–Kier alpha value is -0.190. The predicted molar refractivity (Wildman–Crippen MR) is 62.4 cm³/mol. The molecule has 14 heavy (non-hydrogen) atoms. The number of hydrogen-bond donors (Lipinski definition) is 1. The van der Waals surface area contributed by atoms with E-state index >= 15 is 0 Å². The van der Waals surface area contributed by atoms with Gasteiger partial charge in [0.1, 0.15) is 0 Å². The van der Waals surface area contributed by atoms with Crippen LogP contribution in [0.3, 0.4) is 0 Å². The molecule has 2 N–H and O–H groups in total. The SMILES string of the molecule is NC(=S)CN1CCN2CCCCC2C1. The highest BCUT2D eigenvalue weighted by atomic mass is 32.1. The molecule has 0 aromatic carbocycles. The van der Waals surface area contributed by atoms with E-state index in [1.54, 1.807) is 0 Å². The largest absolute Gasteiger partial charge is 0.392 e. The van der Waals surface area contributed by atoms with Crippen molar-refractivity contribution in [2.75, 3.05) is 32.7 Å². The zero-order valence-corrected chi connectivity index (χ0v) is 9.43. The molecule has 2 aliphatic rings. The zero-order chi connectivity index (χ0) is 9.97. The molecule has 1 atom stereocenters. The van der Waals surface area contributed by atoms with E-state index in [2.05, 4.69) is 9.80 Å². The lowest BCUT2D eigenvalue weighted by Crippen LogP contribution is -2.55. The molecule has 0 spiro atoms. The summed E-state index contributed by atoms with van der Waals surface area (Å²) in [5.74, 6) is 0. The van der Waals surface area contributed by atoms with Gasteiger partial charge in [0.15, 0.2) is 0 Å². The lowest BCUT2D eigenvalue weighted by molar-refractivity contribution is 0.0572. The maximum atomic E-state index is 5.57. The van der Waals surface area contributed by atoms with Gasteiger partial charge in [-0.1, -0.05) is 18.6 Å². The van der Waals surface area contributed by atoms with Gasteiger partial charge in [0.05, 0.1) is 4.99 Å². The van der Waals surface area contributed by atoms with Crippen molar-refractivity contribution in [2.24, 2.45) is 5.73 Å². The first-order valence-corrected chi connectivity index (χ1v) is 5.91. The fourth-order valence-electron chi connectivity index (χ4n) is 2.58. The van der Waals surface area contributed by atoms with Crippen molar-refractivity contribution in [3.63, 3.8) is 0 Å². The molecule has 2 heterocycles. The molecule has 2 rings (SSSR count). The molecule has 0 aromatic heterocycles. The fourth-order valence-corrected chi connectivity index (χ4v) is 2.77. The van der Waals surface area contributed by atoms with Crippen LogP contribution in [0.2, 0.25) is 0 Å². The maximum absolute atomic E-state index is 5.57. The minimum absolute atomic E-state index is 0.634. The van der Waals surface area contributed by atoms with Gasteiger partial charge in [-0.15, -0.1) is 0 Å². The van der Waals surface area contributed by atoms with E-state index < -0.39 is 0 Å². The van der Waals surface area contributed by atoms with Gasteiger partial charge >= 0.3 is 0 Å². The van der Waals surface area contributed by atoms with Crippen molar-refractivity contribution in [2.45, 2.75) is 25.3 Å². The van der Waals surface area contributed by atoms with Crippen molar-refractivity contribution >= 4 is 17.2 Å². The molecule has 0 aliphatic carbocycles. The third kappa shape index (κ3) is 2.43. The molecule has 2 saturated heterocycles. The minimum Gasteiger partial charge on any atom is -0.392 e. The van der Waals surface area contributed by atoms with Crippen LogP contribution in [0.15, 0.2) is 0 Å². The number of piperidine rings is 1. The maximum Gasteiger partial charge on any atom is 0.0870 e. The first-order chi connectivity index (χ1) is 6.75. The third-order valence-corrected chi connectivity index (χ3v) is 3.43. The van der Waals surface area contributed by atoms with Gasteiger partial charge < -0.3 is 5.73 Å². The van der Waals surface area contributed by atoms with Gasteiger partial charge in [-0.05, 0) is 19.4 Å². The second-order valence-corrected chi connectivity index (χ2v) is 4.91. The quantitative estimate of drug-likeness (QED) is 0.675. The third-order valence-electron chi connectivity index (χ3n) is 3.30. The smallest absolute Gasteiger partial charge is 0.0870 e. The van der Waals surface area contributed by atoms with E-state index in [1.165, 1.54) is 32.4 Å². The summed E-state index contributed by atoms with van der Waals surface area (Å²) in [4.78, 5) is 5.66. The van der Waals surface area contributed by atoms with Crippen LogP contribution in [-0.4, -0.2) is 53.6 Å². The highest BCUT2D eigenvalue weighted by Crippen LogP contribution is 2.20. The van der Waals surface area contributed by atoms with Gasteiger partial charge in [-0.2, -0.15) is 0 Å². The molecule has 0 aromatic rings. The monoisotopic (exact) mass is 213 g/mol. The van der Waals surface area contributed by atoms with Crippen LogP contribution in [0, 0.1) is 0 Å². The van der Waals surface area contributed by atoms with E-state index in [4.69, 9.17) is 18.0 Å². The summed E-state index contributed by atoms with van der Waals surface area (Å²) in [6.45, 7) is 5.60. The van der Waals surface area contributed by atoms with Gasteiger partial charge in [0, 0.05) is 32.2 Å². The number of rotatable bonds is 2. The van der Waals surface area contributed by atoms with Crippen molar-refractivity contribution in [1.82, 2.24) is 9.80 Å². The number of piperazine rings is 1. The van der Waals surface area contributed by atoms with Crippen molar-refractivity contribution in [1.29, 1.82) is 0 Å².